The molecular weight excluding hydrogens is 476 g/mol. The first-order chi connectivity index (χ1) is 18.2. The Bertz CT molecular complexity index is 1680. The molecule has 1 atom stereocenters. The van der Waals surface area contributed by atoms with E-state index in [4.69, 9.17) is 15.1 Å². The van der Waals surface area contributed by atoms with Crippen LogP contribution in [0.4, 0.5) is 22.9 Å². The van der Waals surface area contributed by atoms with Crippen LogP contribution in [0.1, 0.15) is 27.7 Å². The fraction of sp³-hybridized carbons (Fsp3) is 0.100. The quantitative estimate of drug-likeness (QED) is 0.282. The summed E-state index contributed by atoms with van der Waals surface area (Å²) < 4.78 is 1.96. The maximum Gasteiger partial charge on any atom is 0.179 e. The van der Waals surface area contributed by atoms with Crippen molar-refractivity contribution in [2.75, 3.05) is 10.2 Å². The Morgan fingerprint density at radius 1 is 0.838 bits per heavy atom. The van der Waals surface area contributed by atoms with E-state index in [-0.39, 0.29) is 6.04 Å². The third-order valence-electron chi connectivity index (χ3n) is 6.73. The van der Waals surface area contributed by atoms with Gasteiger partial charge in [-0.25, -0.2) is 14.7 Å². The number of aromatic nitrogens is 2. The van der Waals surface area contributed by atoms with Gasteiger partial charge in [0.1, 0.15) is 6.04 Å². The van der Waals surface area contributed by atoms with E-state index < -0.39 is 0 Å². The molecule has 37 heavy (non-hydrogen) atoms. The Labute approximate surface area is 219 Å². The molecule has 4 heterocycles. The van der Waals surface area contributed by atoms with Crippen LogP contribution in [0.15, 0.2) is 106 Å². The third kappa shape index (κ3) is 3.58. The van der Waals surface area contributed by atoms with E-state index in [1.54, 1.807) is 11.3 Å². The van der Waals surface area contributed by atoms with E-state index in [2.05, 4.69) is 96.2 Å². The highest BCUT2D eigenvalue weighted by molar-refractivity contribution is 7.10. The molecule has 1 N–H and O–H groups in total. The first-order valence-corrected chi connectivity index (χ1v) is 13.1. The summed E-state index contributed by atoms with van der Waals surface area (Å²) in [5, 5.41) is 10.7. The van der Waals surface area contributed by atoms with Crippen molar-refractivity contribution in [2.45, 2.75) is 19.9 Å². The number of nitrogens with zero attached hydrogens (tertiary/aromatic N) is 5. The van der Waals surface area contributed by atoms with Crippen molar-refractivity contribution in [3.63, 3.8) is 0 Å². The topological polar surface area (TPSA) is 57.8 Å². The molecule has 5 aromatic rings. The van der Waals surface area contributed by atoms with Crippen molar-refractivity contribution in [2.24, 2.45) is 9.98 Å². The summed E-state index contributed by atoms with van der Waals surface area (Å²) in [4.78, 5) is 13.9. The van der Waals surface area contributed by atoms with E-state index in [1.807, 2.05) is 28.9 Å². The minimum absolute atomic E-state index is 0.0779. The average Bonchev–Trinajstić information content (AvgIpc) is 3.57. The second-order valence-corrected chi connectivity index (χ2v) is 10.2. The van der Waals surface area contributed by atoms with E-state index in [0.29, 0.717) is 0 Å². The van der Waals surface area contributed by atoms with Gasteiger partial charge in [-0.05, 0) is 67.3 Å². The minimum Gasteiger partial charge on any atom is -0.337 e. The van der Waals surface area contributed by atoms with Crippen molar-refractivity contribution in [1.29, 1.82) is 0 Å². The average molecular weight is 501 g/mol. The number of hydrogen-bond acceptors (Lipinski definition) is 6. The summed E-state index contributed by atoms with van der Waals surface area (Å²) in [5.41, 5.74) is 7.17. The van der Waals surface area contributed by atoms with Crippen LogP contribution in [0, 0.1) is 13.8 Å². The zero-order valence-electron chi connectivity index (χ0n) is 20.5. The number of nitrogens with one attached hydrogen (secondary N) is 1. The third-order valence-corrected chi connectivity index (χ3v) is 7.66. The summed E-state index contributed by atoms with van der Waals surface area (Å²) in [6.45, 7) is 4.17. The van der Waals surface area contributed by atoms with E-state index in [1.165, 1.54) is 10.4 Å². The number of aryl methyl sites for hydroxylation is 2. The van der Waals surface area contributed by atoms with Crippen LogP contribution < -0.4 is 10.2 Å². The predicted octanol–water partition coefficient (Wildman–Crippen LogP) is 7.35. The number of para-hydroxylation sites is 3. The molecule has 1 unspecified atom stereocenters. The molecule has 7 rings (SSSR count). The van der Waals surface area contributed by atoms with Gasteiger partial charge < -0.3 is 10.2 Å². The van der Waals surface area contributed by atoms with Crippen LogP contribution in [0.25, 0.3) is 5.69 Å². The zero-order valence-corrected chi connectivity index (χ0v) is 21.3. The normalized spacial score (nSPS) is 15.8. The molecule has 7 heteroatoms. The molecule has 0 aliphatic carbocycles. The number of aliphatic imine (C=N–C) groups is 2. The lowest BCUT2D eigenvalue weighted by molar-refractivity contribution is 0.830. The molecule has 0 bridgehead atoms. The molecule has 2 aliphatic rings. The van der Waals surface area contributed by atoms with Crippen LogP contribution in [-0.4, -0.2) is 21.5 Å². The molecule has 0 fully saturated rings. The molecule has 2 aliphatic heterocycles. The van der Waals surface area contributed by atoms with Crippen LogP contribution in [0.5, 0.6) is 0 Å². The maximum atomic E-state index is 5.28. The fourth-order valence-corrected chi connectivity index (χ4v) is 5.95. The zero-order chi connectivity index (χ0) is 24.9. The molecular formula is C30H24N6S. The summed E-state index contributed by atoms with van der Waals surface area (Å²) in [7, 11) is 0. The predicted molar refractivity (Wildman–Crippen MR) is 152 cm³/mol. The van der Waals surface area contributed by atoms with Crippen LogP contribution in [0.2, 0.25) is 0 Å². The van der Waals surface area contributed by atoms with Gasteiger partial charge in [0.05, 0.1) is 22.8 Å². The molecule has 6 nitrogen and oxygen atoms in total. The standard InChI is InChI=1S/C30H24N6S/c1-19-10-8-11-21(18-19)31-28-30-33-29-26(20(2)34-36(29)22-12-4-3-5-13-22)27(25-16-9-17-37-25)35(30)24-15-7-6-14-23(24)32-28/h3-18,27H,1-2H3,(H,31,32). The van der Waals surface area contributed by atoms with E-state index in [9.17, 15) is 0 Å². The van der Waals surface area contributed by atoms with Crippen LogP contribution >= 0.6 is 11.3 Å². The molecule has 0 saturated heterocycles. The number of anilines is 2. The monoisotopic (exact) mass is 500 g/mol. The largest absolute Gasteiger partial charge is 0.337 e. The highest BCUT2D eigenvalue weighted by Crippen LogP contribution is 2.49. The Balaban J connectivity index is 1.49. The lowest BCUT2D eigenvalue weighted by atomic mass is 9.98. The summed E-state index contributed by atoms with van der Waals surface area (Å²) >= 11 is 1.75. The van der Waals surface area contributed by atoms with Crippen LogP contribution in [0.3, 0.4) is 0 Å². The van der Waals surface area contributed by atoms with Gasteiger partial charge in [0, 0.05) is 16.1 Å². The first kappa shape index (κ1) is 21.8. The van der Waals surface area contributed by atoms with Gasteiger partial charge in [-0.3, -0.25) is 0 Å². The van der Waals surface area contributed by atoms with Gasteiger partial charge in [0.25, 0.3) is 0 Å². The summed E-state index contributed by atoms with van der Waals surface area (Å²) in [5.74, 6) is 2.34. The van der Waals surface area contributed by atoms with Crippen molar-refractivity contribution in [1.82, 2.24) is 9.78 Å². The van der Waals surface area contributed by atoms with Gasteiger partial charge in [0.2, 0.25) is 0 Å². The molecule has 0 spiro atoms. The lowest BCUT2D eigenvalue weighted by Gasteiger charge is -2.40. The molecule has 0 radical (unpaired) electrons. The Morgan fingerprint density at radius 3 is 2.49 bits per heavy atom. The number of thiophene rings is 1. The first-order valence-electron chi connectivity index (χ1n) is 12.3. The minimum atomic E-state index is -0.0779. The smallest absolute Gasteiger partial charge is 0.179 e. The second kappa shape index (κ2) is 8.57. The van der Waals surface area contributed by atoms with Gasteiger partial charge in [0.15, 0.2) is 17.5 Å². The lowest BCUT2D eigenvalue weighted by Crippen LogP contribution is -2.46. The highest BCUT2D eigenvalue weighted by atomic mass is 32.1. The van der Waals surface area contributed by atoms with Gasteiger partial charge in [-0.1, -0.05) is 48.5 Å². The number of rotatable bonds is 3. The highest BCUT2D eigenvalue weighted by Gasteiger charge is 2.41. The summed E-state index contributed by atoms with van der Waals surface area (Å²) in [6.07, 6.45) is 0. The van der Waals surface area contributed by atoms with Gasteiger partial charge in [-0.15, -0.1) is 11.3 Å². The van der Waals surface area contributed by atoms with Crippen molar-refractivity contribution in [3.8, 4) is 5.69 Å². The van der Waals surface area contributed by atoms with Gasteiger partial charge >= 0.3 is 0 Å². The van der Waals surface area contributed by atoms with Crippen LogP contribution in [-0.2, 0) is 0 Å². The molecule has 3 aromatic carbocycles. The van der Waals surface area contributed by atoms with E-state index >= 15 is 0 Å². The number of amidine groups is 2. The Morgan fingerprint density at radius 2 is 1.68 bits per heavy atom. The Hall–Kier alpha value is -4.49. The van der Waals surface area contributed by atoms with Crippen molar-refractivity contribution in [3.05, 3.63) is 118 Å². The Kier molecular flexibility index (Phi) is 5.04. The maximum absolute atomic E-state index is 5.28. The molecule has 180 valence electrons. The number of benzene rings is 3. The SMILES string of the molecule is Cc1cccc(NC2=Nc3ccccc3N3C2=Nc2c(c(C)nn2-c2ccccc2)C3c2cccs2)c1. The molecule has 0 saturated carbocycles. The van der Waals surface area contributed by atoms with Crippen molar-refractivity contribution >= 4 is 45.9 Å². The fourth-order valence-electron chi connectivity index (χ4n) is 5.12. The second-order valence-electron chi connectivity index (χ2n) is 9.24. The molecule has 0 amide bonds. The summed E-state index contributed by atoms with van der Waals surface area (Å²) in [6, 6.07) is 31.0. The van der Waals surface area contributed by atoms with Crippen molar-refractivity contribution < 1.29 is 0 Å². The number of hydrogen-bond donors (Lipinski definition) is 1. The molecule has 2 aromatic heterocycles. The number of fused-ring (bicyclic) bond motifs is 4. The van der Waals surface area contributed by atoms with Gasteiger partial charge in [-0.2, -0.15) is 5.10 Å². The van der Waals surface area contributed by atoms with E-state index in [0.717, 1.165) is 51.5 Å².